The molecule has 1 aromatic heterocycles. The second-order valence-corrected chi connectivity index (χ2v) is 3.70. The maximum absolute atomic E-state index is 9.05. The Morgan fingerprint density at radius 1 is 1.29 bits per heavy atom. The summed E-state index contributed by atoms with van der Waals surface area (Å²) in [5.74, 6) is 1.52. The van der Waals surface area contributed by atoms with Crippen LogP contribution in [0.25, 0.3) is 11.3 Å². The Balaban J connectivity index is 2.30. The van der Waals surface area contributed by atoms with E-state index in [0.29, 0.717) is 18.1 Å². The molecule has 0 fully saturated rings. The van der Waals surface area contributed by atoms with Gasteiger partial charge in [0.05, 0.1) is 13.2 Å². The molecule has 0 aliphatic rings. The Bertz CT molecular complexity index is 488. The molecule has 0 saturated heterocycles. The van der Waals surface area contributed by atoms with Crippen LogP contribution in [-0.4, -0.2) is 16.9 Å². The van der Waals surface area contributed by atoms with Gasteiger partial charge in [0.1, 0.15) is 11.4 Å². The van der Waals surface area contributed by atoms with E-state index in [1.807, 2.05) is 38.1 Å². The van der Waals surface area contributed by atoms with E-state index in [4.69, 9.17) is 14.4 Å². The van der Waals surface area contributed by atoms with E-state index in [2.05, 4.69) is 5.16 Å². The average molecular weight is 233 g/mol. The van der Waals surface area contributed by atoms with Crippen molar-refractivity contribution in [1.29, 1.82) is 0 Å². The molecule has 0 radical (unpaired) electrons. The Labute approximate surface area is 99.8 Å². The van der Waals surface area contributed by atoms with E-state index < -0.39 is 0 Å². The molecule has 17 heavy (non-hydrogen) atoms. The highest BCUT2D eigenvalue weighted by Crippen LogP contribution is 2.27. The fourth-order valence-electron chi connectivity index (χ4n) is 1.65. The zero-order valence-electron chi connectivity index (χ0n) is 9.93. The fourth-order valence-corrected chi connectivity index (χ4v) is 1.65. The number of aliphatic hydroxyl groups is 1. The van der Waals surface area contributed by atoms with Crippen molar-refractivity contribution in [3.63, 3.8) is 0 Å². The van der Waals surface area contributed by atoms with Crippen LogP contribution >= 0.6 is 0 Å². The molecule has 0 spiro atoms. The van der Waals surface area contributed by atoms with Crippen molar-refractivity contribution < 1.29 is 14.4 Å². The smallest absolute Gasteiger partial charge is 0.170 e. The molecule has 1 N–H and O–H groups in total. The topological polar surface area (TPSA) is 55.5 Å². The standard InChI is InChI=1S/C13H15NO3/c1-3-16-11-6-4-10(5-7-11)13-9(2)12(8-15)14-17-13/h4-7,15H,3,8H2,1-2H3. The lowest BCUT2D eigenvalue weighted by atomic mass is 10.1. The Kier molecular flexibility index (Phi) is 3.44. The summed E-state index contributed by atoms with van der Waals surface area (Å²) in [6, 6.07) is 7.61. The van der Waals surface area contributed by atoms with E-state index in [0.717, 1.165) is 16.9 Å². The summed E-state index contributed by atoms with van der Waals surface area (Å²) in [6.07, 6.45) is 0. The maximum Gasteiger partial charge on any atom is 0.170 e. The van der Waals surface area contributed by atoms with Crippen LogP contribution in [0.5, 0.6) is 5.75 Å². The molecule has 1 aromatic carbocycles. The van der Waals surface area contributed by atoms with Crippen molar-refractivity contribution in [3.05, 3.63) is 35.5 Å². The summed E-state index contributed by atoms with van der Waals surface area (Å²) in [7, 11) is 0. The second-order valence-electron chi connectivity index (χ2n) is 3.70. The van der Waals surface area contributed by atoms with Crippen LogP contribution in [0.4, 0.5) is 0 Å². The molecule has 0 aliphatic carbocycles. The largest absolute Gasteiger partial charge is 0.494 e. The van der Waals surface area contributed by atoms with E-state index in [9.17, 15) is 0 Å². The van der Waals surface area contributed by atoms with Crippen LogP contribution in [-0.2, 0) is 6.61 Å². The van der Waals surface area contributed by atoms with Gasteiger partial charge in [0, 0.05) is 11.1 Å². The van der Waals surface area contributed by atoms with Gasteiger partial charge in [0.2, 0.25) is 0 Å². The fraction of sp³-hybridized carbons (Fsp3) is 0.308. The summed E-state index contributed by atoms with van der Waals surface area (Å²) >= 11 is 0. The quantitative estimate of drug-likeness (QED) is 0.881. The third kappa shape index (κ3) is 2.31. The minimum absolute atomic E-state index is 0.105. The number of aromatic nitrogens is 1. The molecule has 0 bridgehead atoms. The summed E-state index contributed by atoms with van der Waals surface area (Å²) in [5, 5.41) is 12.9. The molecule has 4 nitrogen and oxygen atoms in total. The summed E-state index contributed by atoms with van der Waals surface area (Å²) in [4.78, 5) is 0. The van der Waals surface area contributed by atoms with E-state index in [1.165, 1.54) is 0 Å². The lowest BCUT2D eigenvalue weighted by molar-refractivity contribution is 0.266. The van der Waals surface area contributed by atoms with E-state index >= 15 is 0 Å². The minimum atomic E-state index is -0.105. The van der Waals surface area contributed by atoms with Gasteiger partial charge in [-0.2, -0.15) is 0 Å². The van der Waals surface area contributed by atoms with Gasteiger partial charge in [-0.15, -0.1) is 0 Å². The van der Waals surface area contributed by atoms with Crippen molar-refractivity contribution >= 4 is 0 Å². The molecule has 4 heteroatoms. The Morgan fingerprint density at radius 2 is 2.00 bits per heavy atom. The van der Waals surface area contributed by atoms with Gasteiger partial charge in [0.25, 0.3) is 0 Å². The number of benzene rings is 1. The van der Waals surface area contributed by atoms with Crippen LogP contribution in [0, 0.1) is 6.92 Å². The molecule has 0 atom stereocenters. The molecule has 0 aliphatic heterocycles. The van der Waals surface area contributed by atoms with Gasteiger partial charge in [-0.25, -0.2) is 0 Å². The predicted molar refractivity (Wildman–Crippen MR) is 63.8 cm³/mol. The van der Waals surface area contributed by atoms with Crippen LogP contribution in [0.3, 0.4) is 0 Å². The van der Waals surface area contributed by atoms with Crippen molar-refractivity contribution in [1.82, 2.24) is 5.16 Å². The highest BCUT2D eigenvalue weighted by atomic mass is 16.5. The normalized spacial score (nSPS) is 10.5. The van der Waals surface area contributed by atoms with E-state index in [-0.39, 0.29) is 6.61 Å². The molecule has 90 valence electrons. The van der Waals surface area contributed by atoms with Gasteiger partial charge in [-0.05, 0) is 38.1 Å². The number of rotatable bonds is 4. The van der Waals surface area contributed by atoms with Gasteiger partial charge in [0.15, 0.2) is 5.76 Å². The number of hydrogen-bond donors (Lipinski definition) is 1. The summed E-state index contributed by atoms with van der Waals surface area (Å²) in [5.41, 5.74) is 2.38. The molecule has 0 unspecified atom stereocenters. The van der Waals surface area contributed by atoms with Crippen LogP contribution < -0.4 is 4.74 Å². The number of nitrogens with zero attached hydrogens (tertiary/aromatic N) is 1. The first-order chi connectivity index (χ1) is 8.26. The minimum Gasteiger partial charge on any atom is -0.494 e. The number of hydrogen-bond acceptors (Lipinski definition) is 4. The van der Waals surface area contributed by atoms with Crippen molar-refractivity contribution in [2.24, 2.45) is 0 Å². The maximum atomic E-state index is 9.05. The lowest BCUT2D eigenvalue weighted by Crippen LogP contribution is -1.90. The Morgan fingerprint density at radius 3 is 2.53 bits per heavy atom. The first kappa shape index (κ1) is 11.7. The lowest BCUT2D eigenvalue weighted by Gasteiger charge is -2.03. The van der Waals surface area contributed by atoms with Gasteiger partial charge >= 0.3 is 0 Å². The highest BCUT2D eigenvalue weighted by Gasteiger charge is 2.12. The predicted octanol–water partition coefficient (Wildman–Crippen LogP) is 2.54. The van der Waals surface area contributed by atoms with Gasteiger partial charge in [-0.3, -0.25) is 0 Å². The molecule has 2 aromatic rings. The third-order valence-corrected chi connectivity index (χ3v) is 2.60. The zero-order chi connectivity index (χ0) is 12.3. The first-order valence-corrected chi connectivity index (χ1v) is 5.55. The molecular weight excluding hydrogens is 218 g/mol. The van der Waals surface area contributed by atoms with Gasteiger partial charge < -0.3 is 14.4 Å². The first-order valence-electron chi connectivity index (χ1n) is 5.55. The molecule has 0 amide bonds. The van der Waals surface area contributed by atoms with Crippen molar-refractivity contribution in [3.8, 4) is 17.1 Å². The molecule has 1 heterocycles. The summed E-state index contributed by atoms with van der Waals surface area (Å²) < 4.78 is 10.6. The van der Waals surface area contributed by atoms with Crippen LogP contribution in [0.1, 0.15) is 18.2 Å². The molecule has 0 saturated carbocycles. The summed E-state index contributed by atoms with van der Waals surface area (Å²) in [6.45, 7) is 4.37. The van der Waals surface area contributed by atoms with Crippen molar-refractivity contribution in [2.75, 3.05) is 6.61 Å². The van der Waals surface area contributed by atoms with Crippen LogP contribution in [0.15, 0.2) is 28.8 Å². The van der Waals surface area contributed by atoms with Crippen molar-refractivity contribution in [2.45, 2.75) is 20.5 Å². The third-order valence-electron chi connectivity index (χ3n) is 2.60. The highest BCUT2D eigenvalue weighted by molar-refractivity contribution is 5.62. The molecule has 2 rings (SSSR count). The van der Waals surface area contributed by atoms with E-state index in [1.54, 1.807) is 0 Å². The number of aliphatic hydroxyl groups excluding tert-OH is 1. The average Bonchev–Trinajstić information content (AvgIpc) is 2.72. The molecular formula is C13H15NO3. The SMILES string of the molecule is CCOc1ccc(-c2onc(CO)c2C)cc1. The number of ether oxygens (including phenoxy) is 1. The zero-order valence-corrected chi connectivity index (χ0v) is 9.93. The second kappa shape index (κ2) is 5.01. The van der Waals surface area contributed by atoms with Gasteiger partial charge in [-0.1, -0.05) is 5.16 Å². The monoisotopic (exact) mass is 233 g/mol. The van der Waals surface area contributed by atoms with Crippen LogP contribution in [0.2, 0.25) is 0 Å². The Hall–Kier alpha value is -1.81.